The maximum absolute atomic E-state index is 12.4. The fraction of sp³-hybridized carbons (Fsp3) is 0.588. The summed E-state index contributed by atoms with van der Waals surface area (Å²) in [5.74, 6) is 0.806. The van der Waals surface area contributed by atoms with E-state index >= 15 is 0 Å². The van der Waals surface area contributed by atoms with Crippen LogP contribution in [0, 0.1) is 17.3 Å². The Labute approximate surface area is 127 Å². The van der Waals surface area contributed by atoms with Crippen LogP contribution in [0.2, 0.25) is 0 Å². The van der Waals surface area contributed by atoms with Crippen molar-refractivity contribution >= 4 is 5.91 Å². The Kier molecular flexibility index (Phi) is 5.64. The van der Waals surface area contributed by atoms with Gasteiger partial charge in [0.15, 0.2) is 11.5 Å². The monoisotopic (exact) mass is 293 g/mol. The molecule has 0 aliphatic heterocycles. The molecule has 21 heavy (non-hydrogen) atoms. The zero-order valence-corrected chi connectivity index (χ0v) is 13.9. The standard InChI is InChI=1S/C17H27NO3/c1-11(2)15(17(3,4)5)16(20)18-10-12-7-8-13(19)14(9-12)21-6/h7-9,11,15,19H,10H2,1-6H3,(H,18,20). The van der Waals surface area contributed by atoms with Gasteiger partial charge in [0.1, 0.15) is 0 Å². The maximum Gasteiger partial charge on any atom is 0.224 e. The quantitative estimate of drug-likeness (QED) is 0.875. The lowest BCUT2D eigenvalue weighted by atomic mass is 9.74. The summed E-state index contributed by atoms with van der Waals surface area (Å²) in [4.78, 5) is 12.4. The van der Waals surface area contributed by atoms with Crippen LogP contribution in [0.15, 0.2) is 18.2 Å². The van der Waals surface area contributed by atoms with E-state index in [2.05, 4.69) is 39.9 Å². The van der Waals surface area contributed by atoms with E-state index in [4.69, 9.17) is 4.74 Å². The van der Waals surface area contributed by atoms with E-state index in [1.165, 1.54) is 7.11 Å². The number of aromatic hydroxyl groups is 1. The van der Waals surface area contributed by atoms with Gasteiger partial charge >= 0.3 is 0 Å². The van der Waals surface area contributed by atoms with Gasteiger partial charge in [0, 0.05) is 12.5 Å². The van der Waals surface area contributed by atoms with E-state index in [1.54, 1.807) is 18.2 Å². The van der Waals surface area contributed by atoms with Crippen LogP contribution < -0.4 is 10.1 Å². The van der Waals surface area contributed by atoms with E-state index in [0.717, 1.165) is 5.56 Å². The van der Waals surface area contributed by atoms with Crippen LogP contribution in [0.4, 0.5) is 0 Å². The molecular formula is C17H27NO3. The van der Waals surface area contributed by atoms with Crippen LogP contribution in [0.25, 0.3) is 0 Å². The molecule has 0 aliphatic carbocycles. The molecule has 0 radical (unpaired) electrons. The molecule has 0 saturated carbocycles. The van der Waals surface area contributed by atoms with Crippen molar-refractivity contribution in [3.05, 3.63) is 23.8 Å². The third-order valence-corrected chi connectivity index (χ3v) is 3.59. The first kappa shape index (κ1) is 17.3. The third-order valence-electron chi connectivity index (χ3n) is 3.59. The summed E-state index contributed by atoms with van der Waals surface area (Å²) in [6.45, 7) is 10.8. The lowest BCUT2D eigenvalue weighted by Crippen LogP contribution is -2.40. The van der Waals surface area contributed by atoms with E-state index in [-0.39, 0.29) is 28.9 Å². The second-order valence-corrected chi connectivity index (χ2v) is 6.81. The number of phenolic OH excluding ortho intramolecular Hbond substituents is 1. The molecule has 118 valence electrons. The first-order valence-corrected chi connectivity index (χ1v) is 7.30. The molecular weight excluding hydrogens is 266 g/mol. The lowest BCUT2D eigenvalue weighted by molar-refractivity contribution is -0.130. The second-order valence-electron chi connectivity index (χ2n) is 6.81. The minimum absolute atomic E-state index is 0.0449. The van der Waals surface area contributed by atoms with Gasteiger partial charge in [-0.05, 0) is 29.0 Å². The molecule has 1 rings (SSSR count). The van der Waals surface area contributed by atoms with Crippen LogP contribution in [-0.4, -0.2) is 18.1 Å². The number of methoxy groups -OCH3 is 1. The number of phenols is 1. The lowest BCUT2D eigenvalue weighted by Gasteiger charge is -2.32. The number of benzene rings is 1. The molecule has 4 heteroatoms. The maximum atomic E-state index is 12.4. The summed E-state index contributed by atoms with van der Waals surface area (Å²) in [6, 6.07) is 5.08. The molecule has 0 bridgehead atoms. The molecule has 1 aromatic carbocycles. The molecule has 0 heterocycles. The van der Waals surface area contributed by atoms with Crippen molar-refractivity contribution in [3.63, 3.8) is 0 Å². The minimum Gasteiger partial charge on any atom is -0.504 e. The van der Waals surface area contributed by atoms with Crippen LogP contribution in [0.1, 0.15) is 40.2 Å². The smallest absolute Gasteiger partial charge is 0.224 e. The number of nitrogens with one attached hydrogen (secondary N) is 1. The molecule has 1 amide bonds. The van der Waals surface area contributed by atoms with Crippen molar-refractivity contribution in [3.8, 4) is 11.5 Å². The number of hydrogen-bond donors (Lipinski definition) is 2. The van der Waals surface area contributed by atoms with Crippen molar-refractivity contribution in [1.29, 1.82) is 0 Å². The van der Waals surface area contributed by atoms with Gasteiger partial charge in [-0.2, -0.15) is 0 Å². The molecule has 1 atom stereocenters. The van der Waals surface area contributed by atoms with Crippen LogP contribution in [-0.2, 0) is 11.3 Å². The van der Waals surface area contributed by atoms with E-state index in [1.807, 2.05) is 0 Å². The Hall–Kier alpha value is -1.71. The van der Waals surface area contributed by atoms with Gasteiger partial charge in [-0.15, -0.1) is 0 Å². The topological polar surface area (TPSA) is 58.6 Å². The van der Waals surface area contributed by atoms with E-state index in [0.29, 0.717) is 12.3 Å². The summed E-state index contributed by atoms with van der Waals surface area (Å²) < 4.78 is 5.07. The highest BCUT2D eigenvalue weighted by Crippen LogP contribution is 2.32. The summed E-state index contributed by atoms with van der Waals surface area (Å²) in [6.07, 6.45) is 0. The molecule has 1 unspecified atom stereocenters. The van der Waals surface area contributed by atoms with Crippen molar-refractivity contribution in [2.45, 2.75) is 41.2 Å². The predicted octanol–water partition coefficient (Wildman–Crippen LogP) is 3.34. The first-order valence-electron chi connectivity index (χ1n) is 7.30. The molecule has 0 saturated heterocycles. The number of amides is 1. The number of ether oxygens (including phenoxy) is 1. The van der Waals surface area contributed by atoms with Crippen LogP contribution >= 0.6 is 0 Å². The SMILES string of the molecule is COc1cc(CNC(=O)C(C(C)C)C(C)(C)C)ccc1O. The fourth-order valence-corrected chi connectivity index (χ4v) is 2.83. The summed E-state index contributed by atoms with van der Waals surface area (Å²) in [5, 5.41) is 12.5. The summed E-state index contributed by atoms with van der Waals surface area (Å²) in [5.41, 5.74) is 0.819. The third kappa shape index (κ3) is 4.66. The van der Waals surface area contributed by atoms with Gasteiger partial charge in [0.2, 0.25) is 5.91 Å². The number of hydrogen-bond acceptors (Lipinski definition) is 3. The van der Waals surface area contributed by atoms with Crippen molar-refractivity contribution < 1.29 is 14.6 Å². The largest absolute Gasteiger partial charge is 0.504 e. The second kappa shape index (κ2) is 6.83. The highest BCUT2D eigenvalue weighted by molar-refractivity contribution is 5.79. The Morgan fingerprint density at radius 2 is 1.95 bits per heavy atom. The Morgan fingerprint density at radius 3 is 2.43 bits per heavy atom. The van der Waals surface area contributed by atoms with Crippen molar-refractivity contribution in [1.82, 2.24) is 5.32 Å². The molecule has 2 N–H and O–H groups in total. The van der Waals surface area contributed by atoms with Crippen LogP contribution in [0.5, 0.6) is 11.5 Å². The average molecular weight is 293 g/mol. The van der Waals surface area contributed by atoms with Gasteiger partial charge in [-0.3, -0.25) is 4.79 Å². The predicted molar refractivity (Wildman–Crippen MR) is 84.3 cm³/mol. The molecule has 0 aliphatic rings. The van der Waals surface area contributed by atoms with Crippen molar-refractivity contribution in [2.24, 2.45) is 17.3 Å². The molecule has 4 nitrogen and oxygen atoms in total. The van der Waals surface area contributed by atoms with E-state index in [9.17, 15) is 9.90 Å². The highest BCUT2D eigenvalue weighted by Gasteiger charge is 2.33. The Morgan fingerprint density at radius 1 is 1.33 bits per heavy atom. The van der Waals surface area contributed by atoms with Crippen LogP contribution in [0.3, 0.4) is 0 Å². The van der Waals surface area contributed by atoms with Gasteiger partial charge in [-0.1, -0.05) is 40.7 Å². The number of carbonyl (C=O) groups is 1. The highest BCUT2D eigenvalue weighted by atomic mass is 16.5. The first-order chi connectivity index (χ1) is 9.66. The Balaban J connectivity index is 2.76. The molecule has 1 aromatic rings. The van der Waals surface area contributed by atoms with Gasteiger partial charge in [0.05, 0.1) is 7.11 Å². The summed E-state index contributed by atoms with van der Waals surface area (Å²) >= 11 is 0. The fourth-order valence-electron chi connectivity index (χ4n) is 2.83. The molecule has 0 spiro atoms. The normalized spacial score (nSPS) is 13.1. The average Bonchev–Trinajstić information content (AvgIpc) is 2.35. The van der Waals surface area contributed by atoms with Gasteiger partial charge in [0.25, 0.3) is 0 Å². The van der Waals surface area contributed by atoms with Gasteiger partial charge in [-0.25, -0.2) is 0 Å². The van der Waals surface area contributed by atoms with E-state index < -0.39 is 0 Å². The molecule has 0 fully saturated rings. The summed E-state index contributed by atoms with van der Waals surface area (Å²) in [7, 11) is 1.51. The van der Waals surface area contributed by atoms with Gasteiger partial charge < -0.3 is 15.2 Å². The molecule has 0 aromatic heterocycles. The zero-order valence-electron chi connectivity index (χ0n) is 13.9. The minimum atomic E-state index is -0.0785. The number of rotatable bonds is 5. The Bertz CT molecular complexity index is 489. The number of carbonyl (C=O) groups excluding carboxylic acids is 1. The zero-order chi connectivity index (χ0) is 16.2. The van der Waals surface area contributed by atoms with Crippen molar-refractivity contribution in [2.75, 3.05) is 7.11 Å².